The summed E-state index contributed by atoms with van der Waals surface area (Å²) in [6, 6.07) is 12.2. The first kappa shape index (κ1) is 19.2. The van der Waals surface area contributed by atoms with Gasteiger partial charge in [0.2, 0.25) is 11.7 Å². The Kier molecular flexibility index (Phi) is 5.49. The van der Waals surface area contributed by atoms with E-state index < -0.39 is 4.92 Å². The van der Waals surface area contributed by atoms with Gasteiger partial charge in [0.05, 0.1) is 4.92 Å². The number of aryl methyl sites for hydroxylation is 1. The third kappa shape index (κ3) is 3.90. The summed E-state index contributed by atoms with van der Waals surface area (Å²) in [6.07, 6.45) is 0. The molecule has 1 amide bonds. The zero-order valence-corrected chi connectivity index (χ0v) is 15.9. The van der Waals surface area contributed by atoms with Crippen molar-refractivity contribution in [2.45, 2.75) is 27.3 Å². The van der Waals surface area contributed by atoms with Crippen molar-refractivity contribution in [3.8, 4) is 11.4 Å². The maximum atomic E-state index is 12.9. The first-order chi connectivity index (χ1) is 13.4. The minimum absolute atomic E-state index is 0.0820. The predicted octanol–water partition coefficient (Wildman–Crippen LogP) is 3.92. The molecule has 8 heteroatoms. The van der Waals surface area contributed by atoms with Gasteiger partial charge in [0.15, 0.2) is 0 Å². The lowest BCUT2D eigenvalue weighted by atomic mass is 10.1. The monoisotopic (exact) mass is 380 g/mol. The number of hydrogen-bond acceptors (Lipinski definition) is 6. The summed E-state index contributed by atoms with van der Waals surface area (Å²) >= 11 is 0. The highest BCUT2D eigenvalue weighted by molar-refractivity contribution is 5.96. The van der Waals surface area contributed by atoms with Crippen molar-refractivity contribution >= 4 is 11.6 Å². The van der Waals surface area contributed by atoms with Crippen LogP contribution in [0.25, 0.3) is 11.4 Å². The van der Waals surface area contributed by atoms with Crippen LogP contribution in [0, 0.1) is 24.0 Å². The summed E-state index contributed by atoms with van der Waals surface area (Å²) in [7, 11) is 0. The van der Waals surface area contributed by atoms with Gasteiger partial charge >= 0.3 is 0 Å². The van der Waals surface area contributed by atoms with E-state index in [2.05, 4.69) is 10.1 Å². The minimum Gasteiger partial charge on any atom is -0.337 e. The molecule has 0 fully saturated rings. The summed E-state index contributed by atoms with van der Waals surface area (Å²) in [5.74, 6) is 0.433. The predicted molar refractivity (Wildman–Crippen MR) is 103 cm³/mol. The fourth-order valence-electron chi connectivity index (χ4n) is 2.93. The van der Waals surface area contributed by atoms with Crippen molar-refractivity contribution in [2.75, 3.05) is 6.54 Å². The fourth-order valence-corrected chi connectivity index (χ4v) is 2.93. The van der Waals surface area contributed by atoms with Crippen molar-refractivity contribution in [2.24, 2.45) is 0 Å². The number of benzene rings is 2. The lowest BCUT2D eigenvalue weighted by molar-refractivity contribution is -0.385. The van der Waals surface area contributed by atoms with Gasteiger partial charge in [0.1, 0.15) is 6.54 Å². The number of carbonyl (C=O) groups is 1. The largest absolute Gasteiger partial charge is 0.337 e. The van der Waals surface area contributed by atoms with Gasteiger partial charge in [-0.25, -0.2) is 0 Å². The Labute approximate surface area is 161 Å². The zero-order chi connectivity index (χ0) is 20.3. The molecule has 2 aromatic carbocycles. The van der Waals surface area contributed by atoms with Gasteiger partial charge < -0.3 is 9.42 Å². The molecule has 0 spiro atoms. The molecule has 0 bridgehead atoms. The number of nitro benzene ring substituents is 1. The molecule has 0 atom stereocenters. The minimum atomic E-state index is -0.492. The third-order valence-corrected chi connectivity index (χ3v) is 4.47. The summed E-state index contributed by atoms with van der Waals surface area (Å²) in [5.41, 5.74) is 2.45. The standard InChI is InChI=1S/C20H20N4O4/c1-4-23(20(25)16-9-6-10-17(14(16)3)24(26)27)12-18-21-19(22-28-18)15-8-5-7-13(2)11-15/h5-11H,4,12H2,1-3H3. The fraction of sp³-hybridized carbons (Fsp3) is 0.250. The van der Waals surface area contributed by atoms with Gasteiger partial charge in [0, 0.05) is 29.3 Å². The number of rotatable bonds is 6. The van der Waals surface area contributed by atoms with Crippen LogP contribution in [0.3, 0.4) is 0 Å². The molecule has 0 radical (unpaired) electrons. The molecule has 0 aliphatic rings. The van der Waals surface area contributed by atoms with Gasteiger partial charge in [-0.2, -0.15) is 4.98 Å². The molecule has 3 aromatic rings. The van der Waals surface area contributed by atoms with E-state index in [-0.39, 0.29) is 23.7 Å². The Bertz CT molecular complexity index is 1030. The molecule has 3 rings (SSSR count). The molecule has 0 unspecified atom stereocenters. The highest BCUT2D eigenvalue weighted by atomic mass is 16.6. The van der Waals surface area contributed by atoms with Crippen molar-refractivity contribution in [1.29, 1.82) is 0 Å². The summed E-state index contributed by atoms with van der Waals surface area (Å²) in [4.78, 5) is 29.4. The number of nitro groups is 1. The van der Waals surface area contributed by atoms with Gasteiger partial charge in [-0.3, -0.25) is 14.9 Å². The molecule has 0 aliphatic heterocycles. The van der Waals surface area contributed by atoms with Crippen LogP contribution in [-0.2, 0) is 6.54 Å². The second-order valence-electron chi connectivity index (χ2n) is 6.41. The van der Waals surface area contributed by atoms with Crippen molar-refractivity contribution in [1.82, 2.24) is 15.0 Å². The van der Waals surface area contributed by atoms with E-state index in [4.69, 9.17) is 4.52 Å². The Balaban J connectivity index is 1.83. The van der Waals surface area contributed by atoms with Gasteiger partial charge in [0.25, 0.3) is 11.6 Å². The van der Waals surface area contributed by atoms with Gasteiger partial charge in [-0.05, 0) is 32.9 Å². The quantitative estimate of drug-likeness (QED) is 0.474. The number of carbonyl (C=O) groups excluding carboxylic acids is 1. The maximum Gasteiger partial charge on any atom is 0.273 e. The van der Waals surface area contributed by atoms with E-state index in [1.54, 1.807) is 13.0 Å². The summed E-state index contributed by atoms with van der Waals surface area (Å²) < 4.78 is 5.31. The lowest BCUT2D eigenvalue weighted by Crippen LogP contribution is -2.31. The highest BCUT2D eigenvalue weighted by Gasteiger charge is 2.23. The topological polar surface area (TPSA) is 102 Å². The first-order valence-corrected chi connectivity index (χ1v) is 8.83. The first-order valence-electron chi connectivity index (χ1n) is 8.83. The van der Waals surface area contributed by atoms with Crippen LogP contribution in [0.15, 0.2) is 47.0 Å². The van der Waals surface area contributed by atoms with Crippen LogP contribution >= 0.6 is 0 Å². The molecule has 0 N–H and O–H groups in total. The molecule has 8 nitrogen and oxygen atoms in total. The van der Waals surface area contributed by atoms with Crippen LogP contribution in [0.4, 0.5) is 5.69 Å². The summed E-state index contributed by atoms with van der Waals surface area (Å²) in [5, 5.41) is 15.1. The molecule has 144 valence electrons. The molecule has 0 aliphatic carbocycles. The van der Waals surface area contributed by atoms with Crippen LogP contribution < -0.4 is 0 Å². The SMILES string of the molecule is CCN(Cc1nc(-c2cccc(C)c2)no1)C(=O)c1cccc([N+](=O)[O-])c1C. The van der Waals surface area contributed by atoms with Crippen LogP contribution in [0.5, 0.6) is 0 Å². The highest BCUT2D eigenvalue weighted by Crippen LogP contribution is 2.23. The number of hydrogen-bond donors (Lipinski definition) is 0. The van der Waals surface area contributed by atoms with E-state index >= 15 is 0 Å². The molecule has 0 saturated carbocycles. The van der Waals surface area contributed by atoms with Crippen LogP contribution in [0.1, 0.15) is 34.3 Å². The van der Waals surface area contributed by atoms with E-state index in [0.717, 1.165) is 11.1 Å². The van der Waals surface area contributed by atoms with E-state index in [0.29, 0.717) is 23.8 Å². The second-order valence-corrected chi connectivity index (χ2v) is 6.41. The Morgan fingerprint density at radius 2 is 1.96 bits per heavy atom. The number of nitrogens with zero attached hydrogens (tertiary/aromatic N) is 4. The third-order valence-electron chi connectivity index (χ3n) is 4.47. The van der Waals surface area contributed by atoms with Gasteiger partial charge in [-0.15, -0.1) is 0 Å². The van der Waals surface area contributed by atoms with E-state index in [1.165, 1.54) is 17.0 Å². The van der Waals surface area contributed by atoms with E-state index in [9.17, 15) is 14.9 Å². The van der Waals surface area contributed by atoms with Crippen molar-refractivity contribution < 1.29 is 14.2 Å². The second kappa shape index (κ2) is 7.99. The number of amides is 1. The number of aromatic nitrogens is 2. The average Bonchev–Trinajstić information content (AvgIpc) is 3.14. The van der Waals surface area contributed by atoms with Crippen molar-refractivity contribution in [3.05, 3.63) is 75.2 Å². The molecule has 0 saturated heterocycles. The van der Waals surface area contributed by atoms with E-state index in [1.807, 2.05) is 38.1 Å². The summed E-state index contributed by atoms with van der Waals surface area (Å²) in [6.45, 7) is 5.88. The Morgan fingerprint density at radius 3 is 2.64 bits per heavy atom. The van der Waals surface area contributed by atoms with Crippen LogP contribution in [-0.4, -0.2) is 32.4 Å². The normalized spacial score (nSPS) is 10.7. The molecular weight excluding hydrogens is 360 g/mol. The van der Waals surface area contributed by atoms with Crippen molar-refractivity contribution in [3.63, 3.8) is 0 Å². The smallest absolute Gasteiger partial charge is 0.273 e. The molecule has 1 heterocycles. The van der Waals surface area contributed by atoms with Crippen LogP contribution in [0.2, 0.25) is 0 Å². The zero-order valence-electron chi connectivity index (χ0n) is 15.9. The lowest BCUT2D eigenvalue weighted by Gasteiger charge is -2.19. The Hall–Kier alpha value is -3.55. The molecule has 1 aromatic heterocycles. The molecule has 28 heavy (non-hydrogen) atoms. The van der Waals surface area contributed by atoms with Gasteiger partial charge in [-0.1, -0.05) is 35.0 Å². The average molecular weight is 380 g/mol. The Morgan fingerprint density at radius 1 is 1.21 bits per heavy atom. The maximum absolute atomic E-state index is 12.9. The molecular formula is C20H20N4O4.